The average molecular weight is 294 g/mol. The van der Waals surface area contributed by atoms with Gasteiger partial charge in [-0.2, -0.15) is 16.8 Å². The van der Waals surface area contributed by atoms with Gasteiger partial charge in [0.05, 0.1) is 7.15 Å². The predicted octanol–water partition coefficient (Wildman–Crippen LogP) is 1.36. The Bertz CT molecular complexity index is 757. The first kappa shape index (κ1) is 11.6. The lowest BCUT2D eigenvalue weighted by molar-refractivity contribution is 0.628. The van der Waals surface area contributed by atoms with Gasteiger partial charge < -0.3 is 0 Å². The maximum absolute atomic E-state index is 11.2. The molecule has 1 aromatic heterocycles. The van der Waals surface area contributed by atoms with Crippen LogP contribution in [0.5, 0.6) is 0 Å². The number of hydrogen-bond donors (Lipinski definition) is 0. The molecule has 0 atom stereocenters. The van der Waals surface area contributed by atoms with E-state index in [9.17, 15) is 16.8 Å². The second kappa shape index (κ2) is 4.21. The monoisotopic (exact) mass is 294 g/mol. The van der Waals surface area contributed by atoms with Gasteiger partial charge in [-0.05, 0) is 22.9 Å². The highest BCUT2D eigenvalue weighted by Crippen LogP contribution is 2.32. The van der Waals surface area contributed by atoms with Crippen molar-refractivity contribution in [1.29, 1.82) is 0 Å². The highest BCUT2D eigenvalue weighted by molar-refractivity contribution is 8.67. The van der Waals surface area contributed by atoms with E-state index in [4.69, 9.17) is 0 Å². The molecule has 0 aliphatic carbocycles. The van der Waals surface area contributed by atoms with Gasteiger partial charge in [-0.15, -0.1) is 11.3 Å². The zero-order valence-electron chi connectivity index (χ0n) is 7.73. The van der Waals surface area contributed by atoms with Crippen LogP contribution in [0.3, 0.4) is 0 Å². The molecule has 16 heavy (non-hydrogen) atoms. The Hall–Kier alpha value is -0.830. The second-order valence-electron chi connectivity index (χ2n) is 2.79. The molecular weight excluding hydrogens is 288 g/mol. The molecule has 8 heteroatoms. The molecule has 2 heterocycles. The Kier molecular flexibility index (Phi) is 3.06. The Morgan fingerprint density at radius 1 is 1.12 bits per heavy atom. The number of allylic oxidation sites excluding steroid dienone is 2. The molecule has 0 fully saturated rings. The SMILES string of the molecule is O=S(=O)=S1(=S(=O)=O)C=CC=C1c1cccs1. The topological polar surface area (TPSA) is 68.3 Å². The van der Waals surface area contributed by atoms with Crippen molar-refractivity contribution in [2.45, 2.75) is 0 Å². The van der Waals surface area contributed by atoms with Crippen molar-refractivity contribution in [2.24, 2.45) is 0 Å². The Morgan fingerprint density at radius 2 is 1.81 bits per heavy atom. The maximum Gasteiger partial charge on any atom is 0.256 e. The van der Waals surface area contributed by atoms with Crippen LogP contribution in [0.1, 0.15) is 4.88 Å². The third-order valence-electron chi connectivity index (χ3n) is 1.98. The summed E-state index contributed by atoms with van der Waals surface area (Å²) in [7, 11) is -8.28. The average Bonchev–Trinajstić information content (AvgIpc) is 2.86. The third kappa shape index (κ3) is 1.58. The third-order valence-corrected chi connectivity index (χ3v) is 11.5. The van der Waals surface area contributed by atoms with Crippen LogP contribution in [0, 0.1) is 0 Å². The molecule has 0 N–H and O–H groups in total. The Morgan fingerprint density at radius 3 is 2.31 bits per heavy atom. The largest absolute Gasteiger partial charge is 0.256 e. The van der Waals surface area contributed by atoms with Gasteiger partial charge in [0.15, 0.2) is 0 Å². The van der Waals surface area contributed by atoms with Crippen molar-refractivity contribution in [3.63, 3.8) is 0 Å². The van der Waals surface area contributed by atoms with Crippen LogP contribution in [0.25, 0.3) is 4.91 Å². The second-order valence-corrected chi connectivity index (χ2v) is 11.8. The van der Waals surface area contributed by atoms with Crippen molar-refractivity contribution in [1.82, 2.24) is 0 Å². The van der Waals surface area contributed by atoms with Gasteiger partial charge in [0.1, 0.15) is 0 Å². The molecule has 2 rings (SSSR count). The molecule has 86 valence electrons. The van der Waals surface area contributed by atoms with Crippen LogP contribution in [0.4, 0.5) is 0 Å². The first-order valence-corrected chi connectivity index (χ1v) is 9.80. The normalized spacial score (nSPS) is 17.1. The van der Waals surface area contributed by atoms with Gasteiger partial charge in [0.2, 0.25) is 0 Å². The number of hydrogen-bond acceptors (Lipinski definition) is 5. The Labute approximate surface area is 98.4 Å². The molecule has 4 nitrogen and oxygen atoms in total. The molecule has 0 saturated carbocycles. The van der Waals surface area contributed by atoms with Gasteiger partial charge in [-0.3, -0.25) is 0 Å². The number of rotatable bonds is 1. The van der Waals surface area contributed by atoms with Gasteiger partial charge in [0, 0.05) is 9.78 Å². The lowest BCUT2D eigenvalue weighted by Gasteiger charge is -2.01. The van der Waals surface area contributed by atoms with E-state index in [0.717, 1.165) is 0 Å². The van der Waals surface area contributed by atoms with E-state index in [2.05, 4.69) is 0 Å². The van der Waals surface area contributed by atoms with E-state index in [-0.39, 0.29) is 0 Å². The molecule has 1 aromatic rings. The number of thiophene rings is 1. The summed E-state index contributed by atoms with van der Waals surface area (Å²) in [6.45, 7) is 0. The standard InChI is InChI=1S/C8H6O4S4/c9-14(10)16(15(11)12)6-2-4-8(16)7-3-1-5-13-7/h1-6H. The highest BCUT2D eigenvalue weighted by atomic mass is 33.1. The first-order chi connectivity index (χ1) is 7.59. The smallest absolute Gasteiger partial charge is 0.177 e. The van der Waals surface area contributed by atoms with Gasteiger partial charge >= 0.3 is 0 Å². The lowest BCUT2D eigenvalue weighted by Crippen LogP contribution is -1.97. The molecule has 0 unspecified atom stereocenters. The molecule has 0 saturated heterocycles. The molecule has 1 aliphatic heterocycles. The molecule has 1 aliphatic rings. The fourth-order valence-corrected chi connectivity index (χ4v) is 8.21. The van der Waals surface area contributed by atoms with Crippen molar-refractivity contribution in [3.05, 3.63) is 40.0 Å². The van der Waals surface area contributed by atoms with Crippen LogP contribution in [0.2, 0.25) is 0 Å². The minimum Gasteiger partial charge on any atom is -0.177 e. The van der Waals surface area contributed by atoms with Crippen molar-refractivity contribution in [2.75, 3.05) is 0 Å². The fraction of sp³-hybridized carbons (Fsp3) is 0. The van der Waals surface area contributed by atoms with E-state index in [1.54, 1.807) is 23.6 Å². The van der Waals surface area contributed by atoms with E-state index in [1.807, 2.05) is 0 Å². The van der Waals surface area contributed by atoms with Gasteiger partial charge in [-0.25, -0.2) is 0 Å². The first-order valence-electron chi connectivity index (χ1n) is 4.04. The van der Waals surface area contributed by atoms with Gasteiger partial charge in [0.25, 0.3) is 18.5 Å². The predicted molar refractivity (Wildman–Crippen MR) is 66.6 cm³/mol. The van der Waals surface area contributed by atoms with Crippen LogP contribution in [-0.4, -0.2) is 16.8 Å². The van der Waals surface area contributed by atoms with E-state index in [0.29, 0.717) is 9.78 Å². The van der Waals surface area contributed by atoms with Crippen molar-refractivity contribution >= 4 is 41.9 Å². The summed E-state index contributed by atoms with van der Waals surface area (Å²) in [4.78, 5) is 1.04. The van der Waals surface area contributed by atoms with Gasteiger partial charge in [-0.1, -0.05) is 12.1 Å². The maximum atomic E-state index is 11.2. The van der Waals surface area contributed by atoms with Crippen molar-refractivity contribution < 1.29 is 16.8 Å². The van der Waals surface area contributed by atoms with E-state index in [1.165, 1.54) is 22.8 Å². The summed E-state index contributed by atoms with van der Waals surface area (Å²) in [5.74, 6) is 0. The van der Waals surface area contributed by atoms with Crippen LogP contribution in [-0.2, 0) is 25.7 Å². The fourth-order valence-electron chi connectivity index (χ4n) is 1.32. The summed E-state index contributed by atoms with van der Waals surface area (Å²) in [5, 5.41) is 3.04. The lowest BCUT2D eigenvalue weighted by atomic mass is 10.4. The zero-order chi connectivity index (χ0) is 11.8. The quantitative estimate of drug-likeness (QED) is 0.784. The summed E-state index contributed by atoms with van der Waals surface area (Å²) in [6.07, 6.45) is 3.03. The summed E-state index contributed by atoms with van der Waals surface area (Å²) >= 11 is 1.32. The van der Waals surface area contributed by atoms with Crippen LogP contribution >= 0.6 is 11.3 Å². The minimum absolute atomic E-state index is 0.365. The minimum atomic E-state index is -2.93. The molecule has 0 radical (unpaired) electrons. The molecule has 0 spiro atoms. The van der Waals surface area contributed by atoms with Crippen LogP contribution in [0.15, 0.2) is 35.1 Å². The molecule has 0 amide bonds. The van der Waals surface area contributed by atoms with E-state index < -0.39 is 25.7 Å². The zero-order valence-corrected chi connectivity index (χ0v) is 11.0. The molecule has 0 aromatic carbocycles. The van der Waals surface area contributed by atoms with E-state index >= 15 is 0 Å². The van der Waals surface area contributed by atoms with Crippen LogP contribution < -0.4 is 0 Å². The Balaban J connectivity index is 3.03. The highest BCUT2D eigenvalue weighted by Gasteiger charge is 2.21. The summed E-state index contributed by atoms with van der Waals surface area (Å²) in [5.41, 5.74) is 0. The summed E-state index contributed by atoms with van der Waals surface area (Å²) < 4.78 is 44.9. The summed E-state index contributed by atoms with van der Waals surface area (Å²) in [6, 6.07) is 3.47. The van der Waals surface area contributed by atoms with Crippen molar-refractivity contribution in [3.8, 4) is 0 Å². The molecule has 0 bridgehead atoms. The molecular formula is C8H6O4S4.